The fourth-order valence-corrected chi connectivity index (χ4v) is 6.19. The summed E-state index contributed by atoms with van der Waals surface area (Å²) in [6.45, 7) is 4.13. The molecule has 4 aliphatic carbocycles. The van der Waals surface area contributed by atoms with Gasteiger partial charge in [0.2, 0.25) is 0 Å². The molecular weight excluding hydrogens is 322 g/mol. The second-order valence-corrected chi connectivity index (χ2v) is 8.54. The summed E-state index contributed by atoms with van der Waals surface area (Å²) < 4.78 is 27.8. The van der Waals surface area contributed by atoms with E-state index in [-0.39, 0.29) is 40.6 Å². The summed E-state index contributed by atoms with van der Waals surface area (Å²) in [5, 5.41) is 10.5. The summed E-state index contributed by atoms with van der Waals surface area (Å²) in [6, 6.07) is 0. The molecule has 0 aromatic carbocycles. The minimum absolute atomic E-state index is 0.108. The lowest BCUT2D eigenvalue weighted by Crippen LogP contribution is -2.51. The highest BCUT2D eigenvalue weighted by atomic mass is 19.1. The number of carbonyl (C=O) groups is 1. The third-order valence-electron chi connectivity index (χ3n) is 7.64. The van der Waals surface area contributed by atoms with Crippen LogP contribution in [0.15, 0.2) is 47.6 Å². The van der Waals surface area contributed by atoms with Crippen molar-refractivity contribution in [3.8, 4) is 0 Å². The predicted octanol–water partition coefficient (Wildman–Crippen LogP) is 4.58. The van der Waals surface area contributed by atoms with Crippen molar-refractivity contribution in [3.05, 3.63) is 47.6 Å². The third-order valence-corrected chi connectivity index (χ3v) is 7.64. The van der Waals surface area contributed by atoms with Gasteiger partial charge in [0.05, 0.1) is 18.8 Å². The lowest BCUT2D eigenvalue weighted by molar-refractivity contribution is -0.110. The number of aliphatic hydroxyl groups is 1. The zero-order valence-corrected chi connectivity index (χ0v) is 14.6. The number of fused-ring (bicyclic) bond motifs is 5. The molecule has 3 fully saturated rings. The summed E-state index contributed by atoms with van der Waals surface area (Å²) in [6.07, 6.45) is 8.75. The van der Waals surface area contributed by atoms with Gasteiger partial charge in [0, 0.05) is 11.0 Å². The molecule has 4 aliphatic rings. The van der Waals surface area contributed by atoms with Crippen LogP contribution in [-0.2, 0) is 4.79 Å². The fourth-order valence-electron chi connectivity index (χ4n) is 6.19. The lowest BCUT2D eigenvalue weighted by Gasteiger charge is -2.57. The van der Waals surface area contributed by atoms with Crippen molar-refractivity contribution in [2.75, 3.05) is 0 Å². The van der Waals surface area contributed by atoms with Crippen LogP contribution in [0.4, 0.5) is 8.78 Å². The Morgan fingerprint density at radius 2 is 1.92 bits per heavy atom. The van der Waals surface area contributed by atoms with E-state index in [1.807, 2.05) is 13.0 Å². The Balaban J connectivity index is 1.89. The van der Waals surface area contributed by atoms with Crippen molar-refractivity contribution in [1.82, 2.24) is 0 Å². The summed E-state index contributed by atoms with van der Waals surface area (Å²) in [7, 11) is 0. The van der Waals surface area contributed by atoms with Gasteiger partial charge in [-0.15, -0.1) is 0 Å². The highest BCUT2D eigenvalue weighted by Gasteiger charge is 2.60. The van der Waals surface area contributed by atoms with Crippen LogP contribution in [0.5, 0.6) is 0 Å². The molecule has 0 unspecified atom stereocenters. The molecule has 0 aromatic heterocycles. The zero-order valence-electron chi connectivity index (χ0n) is 14.6. The van der Waals surface area contributed by atoms with Crippen LogP contribution in [0.3, 0.4) is 0 Å². The summed E-state index contributed by atoms with van der Waals surface area (Å²) in [4.78, 5) is 11.9. The molecule has 0 heterocycles. The number of hydrogen-bond acceptors (Lipinski definition) is 2. The normalized spacial score (nSPS) is 49.0. The van der Waals surface area contributed by atoms with Crippen molar-refractivity contribution in [3.63, 3.8) is 0 Å². The van der Waals surface area contributed by atoms with Crippen molar-refractivity contribution in [2.45, 2.75) is 45.6 Å². The van der Waals surface area contributed by atoms with E-state index in [1.165, 1.54) is 6.08 Å². The SMILES string of the molecule is C[C@]12CC[C@H]3[C@@H](C(=CF)C(=CF)C4=CC(=O)C=C[C@@]43C)[C@@H]1CC[C@@H]2O. The molecule has 6 atom stereocenters. The van der Waals surface area contributed by atoms with Crippen molar-refractivity contribution in [1.29, 1.82) is 0 Å². The first-order chi connectivity index (χ1) is 11.9. The lowest BCUT2D eigenvalue weighted by atomic mass is 9.46. The van der Waals surface area contributed by atoms with Gasteiger partial charge >= 0.3 is 0 Å². The fraction of sp³-hybridized carbons (Fsp3) is 0.571. The van der Waals surface area contributed by atoms with Crippen LogP contribution >= 0.6 is 0 Å². The van der Waals surface area contributed by atoms with E-state index in [4.69, 9.17) is 0 Å². The van der Waals surface area contributed by atoms with Crippen molar-refractivity contribution >= 4 is 5.78 Å². The van der Waals surface area contributed by atoms with E-state index in [9.17, 15) is 18.7 Å². The maximum atomic E-state index is 14.0. The van der Waals surface area contributed by atoms with Gasteiger partial charge in [-0.2, -0.15) is 0 Å². The zero-order chi connectivity index (χ0) is 18.0. The number of hydrogen-bond donors (Lipinski definition) is 1. The summed E-state index contributed by atoms with van der Waals surface area (Å²) in [5.41, 5.74) is 0.453. The van der Waals surface area contributed by atoms with Crippen LogP contribution in [0, 0.1) is 28.6 Å². The number of rotatable bonds is 0. The minimum Gasteiger partial charge on any atom is -0.393 e. The number of aliphatic hydroxyl groups excluding tert-OH is 1. The van der Waals surface area contributed by atoms with Gasteiger partial charge in [-0.3, -0.25) is 4.79 Å². The van der Waals surface area contributed by atoms with Gasteiger partial charge in [0.1, 0.15) is 0 Å². The largest absolute Gasteiger partial charge is 0.393 e. The molecule has 2 nitrogen and oxygen atoms in total. The summed E-state index contributed by atoms with van der Waals surface area (Å²) >= 11 is 0. The maximum absolute atomic E-state index is 14.0. The van der Waals surface area contributed by atoms with Crippen LogP contribution in [0.2, 0.25) is 0 Å². The first kappa shape index (κ1) is 16.9. The van der Waals surface area contributed by atoms with Gasteiger partial charge < -0.3 is 5.11 Å². The Morgan fingerprint density at radius 1 is 1.16 bits per heavy atom. The van der Waals surface area contributed by atoms with Gasteiger partial charge in [-0.05, 0) is 72.2 Å². The highest BCUT2D eigenvalue weighted by Crippen LogP contribution is 2.66. The van der Waals surface area contributed by atoms with Crippen LogP contribution in [-0.4, -0.2) is 17.0 Å². The van der Waals surface area contributed by atoms with E-state index in [0.29, 0.717) is 30.2 Å². The van der Waals surface area contributed by atoms with E-state index in [2.05, 4.69) is 6.92 Å². The Bertz CT molecular complexity index is 747. The number of allylic oxidation sites excluding steroid dienone is 6. The van der Waals surface area contributed by atoms with Gasteiger partial charge in [0.25, 0.3) is 0 Å². The number of carbonyl (C=O) groups excluding carboxylic acids is 1. The molecule has 0 radical (unpaired) electrons. The monoisotopic (exact) mass is 346 g/mol. The molecule has 0 saturated heterocycles. The Kier molecular flexibility index (Phi) is 3.70. The molecule has 3 saturated carbocycles. The van der Waals surface area contributed by atoms with E-state index >= 15 is 0 Å². The highest BCUT2D eigenvalue weighted by molar-refractivity contribution is 6.02. The van der Waals surface area contributed by atoms with Crippen LogP contribution in [0.25, 0.3) is 0 Å². The predicted molar refractivity (Wildman–Crippen MR) is 91.8 cm³/mol. The molecule has 4 rings (SSSR count). The molecule has 0 spiro atoms. The molecule has 0 aliphatic heterocycles. The first-order valence-electron chi connectivity index (χ1n) is 9.11. The molecule has 4 heteroatoms. The van der Waals surface area contributed by atoms with Crippen LogP contribution < -0.4 is 0 Å². The van der Waals surface area contributed by atoms with Crippen molar-refractivity contribution < 1.29 is 18.7 Å². The second-order valence-electron chi connectivity index (χ2n) is 8.54. The molecule has 0 amide bonds. The first-order valence-corrected chi connectivity index (χ1v) is 9.11. The molecule has 25 heavy (non-hydrogen) atoms. The molecule has 1 N–H and O–H groups in total. The van der Waals surface area contributed by atoms with E-state index in [1.54, 1.807) is 6.08 Å². The number of ketones is 1. The molecule has 0 bridgehead atoms. The number of halogens is 2. The van der Waals surface area contributed by atoms with Gasteiger partial charge in [-0.25, -0.2) is 8.78 Å². The minimum atomic E-state index is -0.474. The Morgan fingerprint density at radius 3 is 2.60 bits per heavy atom. The standard InChI is InChI=1S/C21H24F2O2/c1-20-7-5-12(24)9-17(20)13(10-22)14(11-23)19-15-3-4-18(25)21(15,2)8-6-16(19)20/h5,7,9-11,15-16,18-19,25H,3-4,6,8H2,1-2H3/t15-,16-,18-,19-,20+,21-/m0/s1. The van der Waals surface area contributed by atoms with E-state index < -0.39 is 5.41 Å². The average molecular weight is 346 g/mol. The Hall–Kier alpha value is -1.55. The molecular formula is C21H24F2O2. The van der Waals surface area contributed by atoms with Crippen LogP contribution in [0.1, 0.15) is 39.5 Å². The third kappa shape index (κ3) is 2.06. The van der Waals surface area contributed by atoms with Crippen molar-refractivity contribution in [2.24, 2.45) is 28.6 Å². The topological polar surface area (TPSA) is 37.3 Å². The second kappa shape index (κ2) is 5.47. The van der Waals surface area contributed by atoms with E-state index in [0.717, 1.165) is 19.3 Å². The smallest absolute Gasteiger partial charge is 0.178 e. The molecule has 0 aromatic rings. The summed E-state index contributed by atoms with van der Waals surface area (Å²) in [5.74, 6) is -0.0805. The maximum Gasteiger partial charge on any atom is 0.178 e. The van der Waals surface area contributed by atoms with Gasteiger partial charge in [-0.1, -0.05) is 19.9 Å². The quantitative estimate of drug-likeness (QED) is 0.697. The molecule has 134 valence electrons. The van der Waals surface area contributed by atoms with Gasteiger partial charge in [0.15, 0.2) is 5.78 Å². The average Bonchev–Trinajstić information content (AvgIpc) is 2.90. The Labute approximate surface area is 147 Å².